The number of amides is 1. The summed E-state index contributed by atoms with van der Waals surface area (Å²) in [4.78, 5) is 32.1. The molecule has 0 aliphatic heterocycles. The summed E-state index contributed by atoms with van der Waals surface area (Å²) in [6, 6.07) is 25.2. The van der Waals surface area contributed by atoms with Crippen molar-refractivity contribution in [1.82, 2.24) is 9.55 Å². The number of carbonyl (C=O) groups excluding carboxylic acids is 1. The number of thioether (sulfide) groups is 1. The number of benzene rings is 3. The van der Waals surface area contributed by atoms with Crippen LogP contribution in [0.2, 0.25) is 0 Å². The molecule has 5 rings (SSSR count). The highest BCUT2D eigenvalue weighted by Gasteiger charge is 2.19. The van der Waals surface area contributed by atoms with Gasteiger partial charge in [-0.3, -0.25) is 14.2 Å². The first-order valence-corrected chi connectivity index (χ1v) is 13.0. The first-order valence-electron chi connectivity index (χ1n) is 11.2. The zero-order valence-electron chi connectivity index (χ0n) is 19.3. The third kappa shape index (κ3) is 4.78. The number of hydrogen-bond acceptors (Lipinski definition) is 5. The molecule has 174 valence electrons. The molecule has 0 bridgehead atoms. The van der Waals surface area contributed by atoms with E-state index in [4.69, 9.17) is 4.98 Å². The number of aromatic nitrogens is 2. The highest BCUT2D eigenvalue weighted by atomic mass is 32.2. The van der Waals surface area contributed by atoms with E-state index >= 15 is 0 Å². The number of fused-ring (bicyclic) bond motifs is 1. The molecule has 5 nitrogen and oxygen atoms in total. The fourth-order valence-electron chi connectivity index (χ4n) is 3.85. The second-order valence-electron chi connectivity index (χ2n) is 8.22. The van der Waals surface area contributed by atoms with E-state index in [0.29, 0.717) is 15.4 Å². The van der Waals surface area contributed by atoms with Crippen LogP contribution in [-0.2, 0) is 4.79 Å². The quantitative estimate of drug-likeness (QED) is 0.216. The van der Waals surface area contributed by atoms with Crippen LogP contribution in [-0.4, -0.2) is 21.2 Å². The van der Waals surface area contributed by atoms with E-state index in [1.54, 1.807) is 4.57 Å². The molecule has 0 unspecified atom stereocenters. The number of anilines is 1. The number of thiophene rings is 1. The van der Waals surface area contributed by atoms with Crippen LogP contribution < -0.4 is 10.9 Å². The van der Waals surface area contributed by atoms with Gasteiger partial charge in [-0.2, -0.15) is 0 Å². The van der Waals surface area contributed by atoms with E-state index in [2.05, 4.69) is 5.32 Å². The minimum Gasteiger partial charge on any atom is -0.325 e. The Morgan fingerprint density at radius 2 is 1.69 bits per heavy atom. The van der Waals surface area contributed by atoms with Gasteiger partial charge in [0.15, 0.2) is 5.16 Å². The zero-order chi connectivity index (χ0) is 24.4. The van der Waals surface area contributed by atoms with Crippen molar-refractivity contribution in [3.05, 3.63) is 106 Å². The van der Waals surface area contributed by atoms with Crippen LogP contribution in [0.5, 0.6) is 0 Å². The Balaban J connectivity index is 1.54. The number of aryl methyl sites for hydroxylation is 2. The van der Waals surface area contributed by atoms with Gasteiger partial charge in [0.25, 0.3) is 5.56 Å². The Bertz CT molecular complexity index is 1570. The lowest BCUT2D eigenvalue weighted by atomic mass is 10.1. The number of rotatable bonds is 6. The maximum atomic E-state index is 13.9. The SMILES string of the molecule is Cc1ccc(-c2csc3nc(SCC(=O)Nc4ccccc4C)n(-c4ccccc4)c(=O)c23)cc1. The molecule has 0 fully saturated rings. The number of nitrogens with one attached hydrogen (secondary N) is 1. The number of nitrogens with zero attached hydrogens (tertiary/aromatic N) is 2. The molecular weight excluding hydrogens is 474 g/mol. The average molecular weight is 498 g/mol. The molecule has 35 heavy (non-hydrogen) atoms. The van der Waals surface area contributed by atoms with Gasteiger partial charge in [0.1, 0.15) is 4.83 Å². The Morgan fingerprint density at radius 3 is 2.43 bits per heavy atom. The molecule has 2 aromatic heterocycles. The molecule has 0 saturated carbocycles. The van der Waals surface area contributed by atoms with Gasteiger partial charge in [0.05, 0.1) is 16.8 Å². The van der Waals surface area contributed by atoms with Gasteiger partial charge in [-0.15, -0.1) is 11.3 Å². The van der Waals surface area contributed by atoms with Gasteiger partial charge in [-0.05, 0) is 43.2 Å². The highest BCUT2D eigenvalue weighted by molar-refractivity contribution is 7.99. The molecule has 0 spiro atoms. The molecule has 7 heteroatoms. The summed E-state index contributed by atoms with van der Waals surface area (Å²) in [5.74, 6) is -0.0141. The summed E-state index contributed by atoms with van der Waals surface area (Å²) in [5, 5.41) is 6.02. The van der Waals surface area contributed by atoms with Gasteiger partial charge in [0, 0.05) is 16.6 Å². The van der Waals surface area contributed by atoms with E-state index in [1.165, 1.54) is 23.1 Å². The molecule has 5 aromatic rings. The normalized spacial score (nSPS) is 11.0. The molecule has 0 aliphatic rings. The summed E-state index contributed by atoms with van der Waals surface area (Å²) in [6.07, 6.45) is 0. The molecule has 0 saturated heterocycles. The lowest BCUT2D eigenvalue weighted by Crippen LogP contribution is -2.22. The largest absolute Gasteiger partial charge is 0.325 e. The first kappa shape index (κ1) is 23.1. The Kier molecular flexibility index (Phi) is 6.53. The van der Waals surface area contributed by atoms with E-state index in [1.807, 2.05) is 98.1 Å². The summed E-state index contributed by atoms with van der Waals surface area (Å²) in [5.41, 5.74) is 5.38. The van der Waals surface area contributed by atoms with Gasteiger partial charge < -0.3 is 5.32 Å². The van der Waals surface area contributed by atoms with Crippen LogP contribution in [0.1, 0.15) is 11.1 Å². The van der Waals surface area contributed by atoms with Crippen LogP contribution >= 0.6 is 23.1 Å². The zero-order valence-corrected chi connectivity index (χ0v) is 21.0. The van der Waals surface area contributed by atoms with Crippen molar-refractivity contribution in [3.8, 4) is 16.8 Å². The molecular formula is C28H23N3O2S2. The number of carbonyl (C=O) groups is 1. The van der Waals surface area contributed by atoms with Crippen molar-refractivity contribution >= 4 is 44.9 Å². The lowest BCUT2D eigenvalue weighted by molar-refractivity contribution is -0.113. The maximum Gasteiger partial charge on any atom is 0.268 e. The van der Waals surface area contributed by atoms with Gasteiger partial charge >= 0.3 is 0 Å². The topological polar surface area (TPSA) is 64.0 Å². The van der Waals surface area contributed by atoms with Crippen LogP contribution in [0.3, 0.4) is 0 Å². The van der Waals surface area contributed by atoms with Gasteiger partial charge in [-0.25, -0.2) is 4.98 Å². The summed E-state index contributed by atoms with van der Waals surface area (Å²) < 4.78 is 1.61. The number of hydrogen-bond donors (Lipinski definition) is 1. The second-order valence-corrected chi connectivity index (χ2v) is 10.0. The monoisotopic (exact) mass is 497 g/mol. The summed E-state index contributed by atoms with van der Waals surface area (Å²) in [7, 11) is 0. The van der Waals surface area contributed by atoms with Crippen LogP contribution in [0.15, 0.2) is 94.2 Å². The fraction of sp³-hybridized carbons (Fsp3) is 0.107. The van der Waals surface area contributed by atoms with Crippen LogP contribution in [0, 0.1) is 13.8 Å². The molecule has 0 atom stereocenters. The minimum absolute atomic E-state index is 0.134. The van der Waals surface area contributed by atoms with Crippen molar-refractivity contribution in [2.45, 2.75) is 19.0 Å². The standard InChI is InChI=1S/C28H23N3O2S2/c1-18-12-14-20(15-13-18)22-16-34-26-25(22)27(33)31(21-9-4-3-5-10-21)28(30-26)35-17-24(32)29-23-11-7-6-8-19(23)2/h3-16H,17H2,1-2H3,(H,29,32). The second kappa shape index (κ2) is 9.90. The molecule has 2 heterocycles. The van der Waals surface area contributed by atoms with Crippen molar-refractivity contribution in [2.24, 2.45) is 0 Å². The molecule has 3 aromatic carbocycles. The number of para-hydroxylation sites is 2. The van der Waals surface area contributed by atoms with Crippen LogP contribution in [0.4, 0.5) is 5.69 Å². The summed E-state index contributed by atoms with van der Waals surface area (Å²) >= 11 is 2.70. The molecule has 0 radical (unpaired) electrons. The van der Waals surface area contributed by atoms with Crippen molar-refractivity contribution in [3.63, 3.8) is 0 Å². The van der Waals surface area contributed by atoms with E-state index in [-0.39, 0.29) is 17.2 Å². The highest BCUT2D eigenvalue weighted by Crippen LogP contribution is 2.33. The van der Waals surface area contributed by atoms with Crippen molar-refractivity contribution < 1.29 is 4.79 Å². The predicted octanol–water partition coefficient (Wildman–Crippen LogP) is 6.46. The molecule has 1 N–H and O–H groups in total. The molecule has 1 amide bonds. The van der Waals surface area contributed by atoms with E-state index in [0.717, 1.165) is 33.6 Å². The van der Waals surface area contributed by atoms with Gasteiger partial charge in [0.2, 0.25) is 5.91 Å². The summed E-state index contributed by atoms with van der Waals surface area (Å²) in [6.45, 7) is 3.99. The van der Waals surface area contributed by atoms with Crippen LogP contribution in [0.25, 0.3) is 27.0 Å². The third-order valence-corrected chi connectivity index (χ3v) is 7.52. The van der Waals surface area contributed by atoms with E-state index < -0.39 is 0 Å². The predicted molar refractivity (Wildman–Crippen MR) is 146 cm³/mol. The molecule has 0 aliphatic carbocycles. The Morgan fingerprint density at radius 1 is 0.971 bits per heavy atom. The minimum atomic E-state index is -0.148. The Labute approximate surface area is 211 Å². The van der Waals surface area contributed by atoms with Gasteiger partial charge in [-0.1, -0.05) is 78.0 Å². The fourth-order valence-corrected chi connectivity index (χ4v) is 5.65. The smallest absolute Gasteiger partial charge is 0.268 e. The maximum absolute atomic E-state index is 13.9. The van der Waals surface area contributed by atoms with Crippen molar-refractivity contribution in [2.75, 3.05) is 11.1 Å². The first-order chi connectivity index (χ1) is 17.0. The average Bonchev–Trinajstić information content (AvgIpc) is 3.29. The lowest BCUT2D eigenvalue weighted by Gasteiger charge is -2.13. The van der Waals surface area contributed by atoms with E-state index in [9.17, 15) is 9.59 Å². The third-order valence-electron chi connectivity index (χ3n) is 5.71. The van der Waals surface area contributed by atoms with Crippen molar-refractivity contribution in [1.29, 1.82) is 0 Å². The Hall–Kier alpha value is -3.68.